The zero-order valence-electron chi connectivity index (χ0n) is 8.73. The molecule has 17 heavy (non-hydrogen) atoms. The first-order chi connectivity index (χ1) is 8.19. The number of hydrogen-bond acceptors (Lipinski definition) is 4. The van der Waals surface area contributed by atoms with Crippen molar-refractivity contribution >= 4 is 15.9 Å². The van der Waals surface area contributed by atoms with Crippen LogP contribution in [-0.2, 0) is 6.54 Å². The number of aromatic nitrogens is 2. The fourth-order valence-electron chi connectivity index (χ4n) is 1.24. The lowest BCUT2D eigenvalue weighted by molar-refractivity contribution is 0.470. The molecular weight excluding hydrogens is 289 g/mol. The van der Waals surface area contributed by atoms with Crippen molar-refractivity contribution in [1.29, 1.82) is 0 Å². The van der Waals surface area contributed by atoms with Crippen molar-refractivity contribution in [2.75, 3.05) is 0 Å². The summed E-state index contributed by atoms with van der Waals surface area (Å²) in [5.74, 6) is 0.355. The highest BCUT2D eigenvalue weighted by Gasteiger charge is 2.04. The summed E-state index contributed by atoms with van der Waals surface area (Å²) in [5.41, 5.74) is 6.21. The average molecular weight is 298 g/mol. The van der Waals surface area contributed by atoms with Gasteiger partial charge in [0.25, 0.3) is 0 Å². The van der Waals surface area contributed by atoms with Crippen LogP contribution in [0.25, 0.3) is 0 Å². The Morgan fingerprint density at radius 1 is 1.24 bits per heavy atom. The van der Waals surface area contributed by atoms with Crippen molar-refractivity contribution in [2.24, 2.45) is 5.73 Å². The molecular formula is C11H9BrFN3O. The summed E-state index contributed by atoms with van der Waals surface area (Å²) in [6.07, 6.45) is 4.06. The third-order valence-corrected chi connectivity index (χ3v) is 2.69. The molecule has 6 heteroatoms. The minimum Gasteiger partial charge on any atom is -0.454 e. The van der Waals surface area contributed by atoms with E-state index in [-0.39, 0.29) is 0 Å². The van der Waals surface area contributed by atoms with E-state index >= 15 is 0 Å². The molecule has 0 aliphatic rings. The van der Waals surface area contributed by atoms with Gasteiger partial charge in [-0.2, -0.15) is 0 Å². The van der Waals surface area contributed by atoms with Gasteiger partial charge in [0.1, 0.15) is 17.3 Å². The number of pyridine rings is 2. The van der Waals surface area contributed by atoms with Gasteiger partial charge in [0, 0.05) is 17.1 Å². The van der Waals surface area contributed by atoms with Crippen molar-refractivity contribution in [2.45, 2.75) is 6.54 Å². The monoisotopic (exact) mass is 297 g/mol. The zero-order valence-corrected chi connectivity index (χ0v) is 10.3. The second-order valence-corrected chi connectivity index (χ2v) is 4.10. The minimum absolute atomic E-state index is 0.319. The van der Waals surface area contributed by atoms with Crippen molar-refractivity contribution < 1.29 is 9.13 Å². The van der Waals surface area contributed by atoms with Crippen LogP contribution in [0.1, 0.15) is 5.69 Å². The van der Waals surface area contributed by atoms with E-state index in [0.717, 1.165) is 16.4 Å². The second kappa shape index (κ2) is 5.20. The summed E-state index contributed by atoms with van der Waals surface area (Å²) in [6.45, 7) is 0.336. The van der Waals surface area contributed by atoms with Crippen LogP contribution < -0.4 is 10.5 Å². The van der Waals surface area contributed by atoms with E-state index in [0.29, 0.717) is 18.0 Å². The normalized spacial score (nSPS) is 10.3. The fraction of sp³-hybridized carbons (Fsp3) is 0.0909. The lowest BCUT2D eigenvalue weighted by Crippen LogP contribution is -2.00. The van der Waals surface area contributed by atoms with E-state index in [1.165, 1.54) is 18.5 Å². The molecule has 0 bridgehead atoms. The molecule has 2 N–H and O–H groups in total. The molecule has 0 radical (unpaired) electrons. The summed E-state index contributed by atoms with van der Waals surface area (Å²) in [6, 6.07) is 2.97. The lowest BCUT2D eigenvalue weighted by Gasteiger charge is -2.06. The SMILES string of the molecule is NCc1ncc(Oc2cncc(F)c2)cc1Br. The van der Waals surface area contributed by atoms with Gasteiger partial charge < -0.3 is 10.5 Å². The van der Waals surface area contributed by atoms with Crippen LogP contribution in [0.2, 0.25) is 0 Å². The van der Waals surface area contributed by atoms with Gasteiger partial charge in [-0.05, 0) is 22.0 Å². The Bertz CT molecular complexity index is 536. The van der Waals surface area contributed by atoms with E-state index in [2.05, 4.69) is 25.9 Å². The molecule has 88 valence electrons. The van der Waals surface area contributed by atoms with Crippen LogP contribution in [0.4, 0.5) is 4.39 Å². The van der Waals surface area contributed by atoms with Crippen molar-refractivity contribution in [3.8, 4) is 11.5 Å². The number of nitrogens with zero attached hydrogens (tertiary/aromatic N) is 2. The van der Waals surface area contributed by atoms with E-state index in [4.69, 9.17) is 10.5 Å². The Labute approximate surface area is 106 Å². The molecule has 2 heterocycles. The summed E-state index contributed by atoms with van der Waals surface area (Å²) < 4.78 is 19.0. The predicted octanol–water partition coefficient (Wildman–Crippen LogP) is 2.63. The topological polar surface area (TPSA) is 61.0 Å². The third kappa shape index (κ3) is 2.98. The summed E-state index contributed by atoms with van der Waals surface area (Å²) in [4.78, 5) is 7.79. The van der Waals surface area contributed by atoms with Gasteiger partial charge in [-0.1, -0.05) is 0 Å². The quantitative estimate of drug-likeness (QED) is 0.946. The van der Waals surface area contributed by atoms with Crippen LogP contribution in [0.5, 0.6) is 11.5 Å². The molecule has 0 saturated carbocycles. The van der Waals surface area contributed by atoms with Gasteiger partial charge in [0.15, 0.2) is 0 Å². The molecule has 0 atom stereocenters. The lowest BCUT2D eigenvalue weighted by atomic mass is 10.3. The number of hydrogen-bond donors (Lipinski definition) is 1. The van der Waals surface area contributed by atoms with Gasteiger partial charge in [-0.15, -0.1) is 0 Å². The molecule has 0 aliphatic heterocycles. The molecule has 2 aromatic heterocycles. The van der Waals surface area contributed by atoms with Gasteiger partial charge in [-0.3, -0.25) is 9.97 Å². The highest BCUT2D eigenvalue weighted by Crippen LogP contribution is 2.25. The van der Waals surface area contributed by atoms with E-state index in [1.807, 2.05) is 0 Å². The van der Waals surface area contributed by atoms with E-state index < -0.39 is 5.82 Å². The number of halogens is 2. The van der Waals surface area contributed by atoms with Gasteiger partial charge >= 0.3 is 0 Å². The highest BCUT2D eigenvalue weighted by molar-refractivity contribution is 9.10. The minimum atomic E-state index is -0.451. The molecule has 2 aromatic rings. The smallest absolute Gasteiger partial charge is 0.148 e. The fourth-order valence-corrected chi connectivity index (χ4v) is 1.73. The van der Waals surface area contributed by atoms with Crippen LogP contribution >= 0.6 is 15.9 Å². The molecule has 0 aliphatic carbocycles. The Hall–Kier alpha value is -1.53. The largest absolute Gasteiger partial charge is 0.454 e. The first-order valence-corrected chi connectivity index (χ1v) is 5.61. The summed E-state index contributed by atoms with van der Waals surface area (Å²) >= 11 is 3.32. The van der Waals surface area contributed by atoms with E-state index in [1.54, 1.807) is 6.07 Å². The highest BCUT2D eigenvalue weighted by atomic mass is 79.9. The third-order valence-electron chi connectivity index (χ3n) is 2.00. The van der Waals surface area contributed by atoms with Gasteiger partial charge in [0.05, 0.1) is 24.3 Å². The standard InChI is InChI=1S/C11H9BrFN3O/c12-10-2-9(6-16-11(10)3-14)17-8-1-7(13)4-15-5-8/h1-2,4-6H,3,14H2. The molecule has 4 nitrogen and oxygen atoms in total. The maximum Gasteiger partial charge on any atom is 0.148 e. The van der Waals surface area contributed by atoms with Crippen LogP contribution in [-0.4, -0.2) is 9.97 Å². The zero-order chi connectivity index (χ0) is 12.3. The Kier molecular flexibility index (Phi) is 3.65. The predicted molar refractivity (Wildman–Crippen MR) is 64.1 cm³/mol. The van der Waals surface area contributed by atoms with Crippen LogP contribution in [0.15, 0.2) is 35.2 Å². The maximum atomic E-state index is 12.9. The molecule has 0 unspecified atom stereocenters. The molecule has 0 amide bonds. The molecule has 0 spiro atoms. The number of nitrogens with two attached hydrogens (primary N) is 1. The van der Waals surface area contributed by atoms with Crippen LogP contribution in [0.3, 0.4) is 0 Å². The molecule has 0 saturated heterocycles. The van der Waals surface area contributed by atoms with Crippen LogP contribution in [0, 0.1) is 5.82 Å². The van der Waals surface area contributed by atoms with Gasteiger partial charge in [0.2, 0.25) is 0 Å². The van der Waals surface area contributed by atoms with Crippen molar-refractivity contribution in [1.82, 2.24) is 9.97 Å². The Balaban J connectivity index is 2.22. The first kappa shape index (κ1) is 11.9. The second-order valence-electron chi connectivity index (χ2n) is 3.24. The van der Waals surface area contributed by atoms with Gasteiger partial charge in [-0.25, -0.2) is 4.39 Å². The number of rotatable bonds is 3. The molecule has 2 rings (SSSR count). The van der Waals surface area contributed by atoms with Crippen molar-refractivity contribution in [3.05, 3.63) is 46.7 Å². The molecule has 0 fully saturated rings. The van der Waals surface area contributed by atoms with E-state index in [9.17, 15) is 4.39 Å². The summed E-state index contributed by atoms with van der Waals surface area (Å²) in [5, 5.41) is 0. The summed E-state index contributed by atoms with van der Waals surface area (Å²) in [7, 11) is 0. The first-order valence-electron chi connectivity index (χ1n) is 4.82. The Morgan fingerprint density at radius 3 is 2.65 bits per heavy atom. The Morgan fingerprint density at radius 2 is 2.00 bits per heavy atom. The van der Waals surface area contributed by atoms with Crippen molar-refractivity contribution in [3.63, 3.8) is 0 Å². The number of ether oxygens (including phenoxy) is 1. The average Bonchev–Trinajstić information content (AvgIpc) is 2.29. The molecule has 0 aromatic carbocycles. The maximum absolute atomic E-state index is 12.9.